The van der Waals surface area contributed by atoms with Gasteiger partial charge >= 0.3 is 0 Å². The van der Waals surface area contributed by atoms with Gasteiger partial charge in [0.1, 0.15) is 0 Å². The Morgan fingerprint density at radius 1 is 1.39 bits per heavy atom. The van der Waals surface area contributed by atoms with E-state index in [1.54, 1.807) is 0 Å². The summed E-state index contributed by atoms with van der Waals surface area (Å²) in [7, 11) is 0. The molecule has 1 aliphatic carbocycles. The first-order chi connectivity index (χ1) is 11.3. The minimum Gasteiger partial charge on any atom is -0.490 e. The Morgan fingerprint density at radius 2 is 2.22 bits per heavy atom. The highest BCUT2D eigenvalue weighted by molar-refractivity contribution is 5.78. The third-order valence-electron chi connectivity index (χ3n) is 4.45. The van der Waals surface area contributed by atoms with Gasteiger partial charge in [0.2, 0.25) is 5.91 Å². The molecule has 2 aromatic rings. The number of pyridine rings is 1. The van der Waals surface area contributed by atoms with Crippen molar-refractivity contribution >= 4 is 11.6 Å². The third-order valence-corrected chi connectivity index (χ3v) is 4.45. The molecule has 0 atom stereocenters. The van der Waals surface area contributed by atoms with Crippen molar-refractivity contribution in [2.45, 2.75) is 45.4 Å². The van der Waals surface area contributed by atoms with E-state index >= 15 is 0 Å². The molecule has 1 N–H and O–H groups in total. The van der Waals surface area contributed by atoms with Crippen LogP contribution in [0.15, 0.2) is 24.5 Å². The molecule has 5 heteroatoms. The molecular formula is C18H25N3O2. The molecule has 2 heterocycles. The number of aromatic nitrogens is 2. The van der Waals surface area contributed by atoms with Crippen molar-refractivity contribution in [1.29, 1.82) is 0 Å². The molecule has 124 valence electrons. The molecule has 0 radical (unpaired) electrons. The van der Waals surface area contributed by atoms with Crippen molar-refractivity contribution in [2.75, 3.05) is 13.2 Å². The minimum atomic E-state index is 0.212. The smallest absolute Gasteiger partial charge is 0.223 e. The van der Waals surface area contributed by atoms with Gasteiger partial charge in [-0.3, -0.25) is 4.79 Å². The van der Waals surface area contributed by atoms with Gasteiger partial charge in [-0.25, -0.2) is 4.98 Å². The van der Waals surface area contributed by atoms with E-state index in [1.807, 2.05) is 35.9 Å². The summed E-state index contributed by atoms with van der Waals surface area (Å²) in [5, 5.41) is 3.07. The molecular weight excluding hydrogens is 290 g/mol. The molecule has 0 aromatic carbocycles. The maximum Gasteiger partial charge on any atom is 0.223 e. The first kappa shape index (κ1) is 15.8. The van der Waals surface area contributed by atoms with Gasteiger partial charge in [0.25, 0.3) is 0 Å². The van der Waals surface area contributed by atoms with Crippen LogP contribution in [0, 0.1) is 5.92 Å². The molecule has 0 saturated heterocycles. The zero-order chi connectivity index (χ0) is 16.1. The molecule has 0 unspecified atom stereocenters. The molecule has 1 fully saturated rings. The summed E-state index contributed by atoms with van der Waals surface area (Å²) in [6.07, 6.45) is 10.4. The Morgan fingerprint density at radius 3 is 3.00 bits per heavy atom. The highest BCUT2D eigenvalue weighted by Crippen LogP contribution is 2.23. The predicted octanol–water partition coefficient (Wildman–Crippen LogP) is 2.97. The SMILES string of the molecule is CCOc1cccn2cc(CCNC(=O)C3CCCCC3)nc12. The normalized spacial score (nSPS) is 15.7. The monoisotopic (exact) mass is 315 g/mol. The number of carbonyl (C=O) groups excluding carboxylic acids is 1. The van der Waals surface area contributed by atoms with Crippen LogP contribution in [-0.2, 0) is 11.2 Å². The summed E-state index contributed by atoms with van der Waals surface area (Å²) in [5.41, 5.74) is 1.81. The summed E-state index contributed by atoms with van der Waals surface area (Å²) in [5.74, 6) is 1.23. The number of hydrogen-bond donors (Lipinski definition) is 1. The van der Waals surface area contributed by atoms with Crippen LogP contribution >= 0.6 is 0 Å². The summed E-state index contributed by atoms with van der Waals surface area (Å²) < 4.78 is 7.58. The number of carbonyl (C=O) groups is 1. The third kappa shape index (κ3) is 3.84. The molecule has 23 heavy (non-hydrogen) atoms. The molecule has 5 nitrogen and oxygen atoms in total. The van der Waals surface area contributed by atoms with E-state index in [4.69, 9.17) is 4.74 Å². The van der Waals surface area contributed by atoms with Crippen molar-refractivity contribution in [3.63, 3.8) is 0 Å². The standard InChI is InChI=1S/C18H25N3O2/c1-2-23-16-9-6-12-21-13-15(20-17(16)21)10-11-19-18(22)14-7-4-3-5-8-14/h6,9,12-14H,2-5,7-8,10-11H2,1H3,(H,19,22). The summed E-state index contributed by atoms with van der Waals surface area (Å²) >= 11 is 0. The van der Waals surface area contributed by atoms with E-state index in [-0.39, 0.29) is 11.8 Å². The lowest BCUT2D eigenvalue weighted by molar-refractivity contribution is -0.125. The maximum atomic E-state index is 12.1. The van der Waals surface area contributed by atoms with Gasteiger partial charge in [-0.1, -0.05) is 19.3 Å². The average molecular weight is 315 g/mol. The van der Waals surface area contributed by atoms with E-state index in [2.05, 4.69) is 10.3 Å². The van der Waals surface area contributed by atoms with E-state index < -0.39 is 0 Å². The second-order valence-electron chi connectivity index (χ2n) is 6.14. The number of nitrogens with one attached hydrogen (secondary N) is 1. The topological polar surface area (TPSA) is 55.6 Å². The number of nitrogens with zero attached hydrogens (tertiary/aromatic N) is 2. The Bertz CT molecular complexity index is 659. The molecule has 2 aromatic heterocycles. The zero-order valence-electron chi connectivity index (χ0n) is 13.8. The molecule has 3 rings (SSSR count). The first-order valence-corrected chi connectivity index (χ1v) is 8.65. The molecule has 1 aliphatic rings. The lowest BCUT2D eigenvalue weighted by Gasteiger charge is -2.20. The van der Waals surface area contributed by atoms with Crippen molar-refractivity contribution in [3.8, 4) is 5.75 Å². The molecule has 0 aliphatic heterocycles. The van der Waals surface area contributed by atoms with E-state index in [1.165, 1.54) is 19.3 Å². The quantitative estimate of drug-likeness (QED) is 0.891. The Balaban J connectivity index is 1.57. The van der Waals surface area contributed by atoms with Crippen molar-refractivity contribution in [2.24, 2.45) is 5.92 Å². The van der Waals surface area contributed by atoms with Gasteiger partial charge < -0.3 is 14.5 Å². The summed E-state index contributed by atoms with van der Waals surface area (Å²) in [6.45, 7) is 3.23. The molecule has 1 amide bonds. The molecule has 0 bridgehead atoms. The number of ether oxygens (including phenoxy) is 1. The highest BCUT2D eigenvalue weighted by atomic mass is 16.5. The van der Waals surface area contributed by atoms with Crippen LogP contribution in [0.2, 0.25) is 0 Å². The Hall–Kier alpha value is -2.04. The molecule has 1 saturated carbocycles. The zero-order valence-corrected chi connectivity index (χ0v) is 13.8. The van der Waals surface area contributed by atoms with Gasteiger partial charge in [-0.2, -0.15) is 0 Å². The largest absolute Gasteiger partial charge is 0.490 e. The van der Waals surface area contributed by atoms with Crippen LogP contribution in [0.3, 0.4) is 0 Å². The van der Waals surface area contributed by atoms with Crippen molar-refractivity contribution in [3.05, 3.63) is 30.2 Å². The number of hydrogen-bond acceptors (Lipinski definition) is 3. The van der Waals surface area contributed by atoms with Gasteiger partial charge in [-0.15, -0.1) is 0 Å². The van der Waals surface area contributed by atoms with Gasteiger partial charge in [0.15, 0.2) is 11.4 Å². The second kappa shape index (κ2) is 7.49. The fraction of sp³-hybridized carbons (Fsp3) is 0.556. The number of fused-ring (bicyclic) bond motifs is 1. The van der Waals surface area contributed by atoms with Gasteiger partial charge in [0, 0.05) is 31.3 Å². The van der Waals surface area contributed by atoms with Gasteiger partial charge in [-0.05, 0) is 31.9 Å². The fourth-order valence-electron chi connectivity index (χ4n) is 3.25. The van der Waals surface area contributed by atoms with Crippen LogP contribution in [0.4, 0.5) is 0 Å². The van der Waals surface area contributed by atoms with Gasteiger partial charge in [0.05, 0.1) is 12.3 Å². The number of imidazole rings is 1. The predicted molar refractivity (Wildman–Crippen MR) is 89.6 cm³/mol. The summed E-state index contributed by atoms with van der Waals surface area (Å²) in [6, 6.07) is 3.88. The lowest BCUT2D eigenvalue weighted by Crippen LogP contribution is -2.33. The summed E-state index contributed by atoms with van der Waals surface area (Å²) in [4.78, 5) is 16.8. The van der Waals surface area contributed by atoms with Crippen LogP contribution in [-0.4, -0.2) is 28.4 Å². The van der Waals surface area contributed by atoms with Crippen molar-refractivity contribution in [1.82, 2.24) is 14.7 Å². The second-order valence-corrected chi connectivity index (χ2v) is 6.14. The van der Waals surface area contributed by atoms with E-state index in [0.717, 1.165) is 36.4 Å². The number of rotatable bonds is 6. The Labute approximate surface area is 137 Å². The molecule has 0 spiro atoms. The van der Waals surface area contributed by atoms with E-state index in [9.17, 15) is 4.79 Å². The minimum absolute atomic E-state index is 0.212. The maximum absolute atomic E-state index is 12.1. The van der Waals surface area contributed by atoms with Crippen LogP contribution in [0.5, 0.6) is 5.75 Å². The van der Waals surface area contributed by atoms with Crippen LogP contribution in [0.25, 0.3) is 5.65 Å². The van der Waals surface area contributed by atoms with E-state index in [0.29, 0.717) is 13.2 Å². The van der Waals surface area contributed by atoms with Crippen LogP contribution < -0.4 is 10.1 Å². The lowest BCUT2D eigenvalue weighted by atomic mass is 9.89. The Kier molecular flexibility index (Phi) is 5.16. The van der Waals surface area contributed by atoms with Crippen molar-refractivity contribution < 1.29 is 9.53 Å². The first-order valence-electron chi connectivity index (χ1n) is 8.65. The highest BCUT2D eigenvalue weighted by Gasteiger charge is 2.20. The van der Waals surface area contributed by atoms with Crippen LogP contribution in [0.1, 0.15) is 44.7 Å². The average Bonchev–Trinajstić information content (AvgIpc) is 3.00. The number of amides is 1. The fourth-order valence-corrected chi connectivity index (χ4v) is 3.25.